The molecular weight excluding hydrogens is 224 g/mol. The topological polar surface area (TPSA) is 59.1 Å². The van der Waals surface area contributed by atoms with E-state index in [9.17, 15) is 9.59 Å². The van der Waals surface area contributed by atoms with Crippen molar-refractivity contribution in [3.63, 3.8) is 0 Å². The molecule has 4 atom stereocenters. The van der Waals surface area contributed by atoms with Gasteiger partial charge in [0.1, 0.15) is 18.2 Å². The van der Waals surface area contributed by atoms with Crippen LogP contribution in [0.25, 0.3) is 0 Å². The molecule has 6 nitrogen and oxygen atoms in total. The maximum absolute atomic E-state index is 12.4. The van der Waals surface area contributed by atoms with Crippen LogP contribution in [-0.2, 0) is 19.1 Å². The van der Waals surface area contributed by atoms with Gasteiger partial charge < -0.3 is 19.3 Å². The molecule has 4 aliphatic heterocycles. The third-order valence-electron chi connectivity index (χ3n) is 4.16. The number of nitrogens with zero attached hydrogens (tertiary/aromatic N) is 2. The molecule has 0 radical (unpaired) electrons. The maximum Gasteiger partial charge on any atom is 0.248 e. The lowest BCUT2D eigenvalue weighted by Crippen LogP contribution is -2.68. The Kier molecular flexibility index (Phi) is 1.85. The fourth-order valence-electron chi connectivity index (χ4n) is 3.38. The standard InChI is InChI=1S/C11H14N2O4/c14-10-6-2-1-3-12(6)11(15)9-7-5-16-8(17-7)4-13(9)10/h6-9H,1-5H2/t6?,7-,8-,9-/m0/s1. The highest BCUT2D eigenvalue weighted by atomic mass is 16.7. The molecule has 0 aromatic heterocycles. The molecule has 6 heteroatoms. The summed E-state index contributed by atoms with van der Waals surface area (Å²) in [6.07, 6.45) is 1.12. The van der Waals surface area contributed by atoms with Crippen molar-refractivity contribution < 1.29 is 19.1 Å². The Balaban J connectivity index is 1.73. The molecule has 92 valence electrons. The van der Waals surface area contributed by atoms with Crippen molar-refractivity contribution in [2.75, 3.05) is 19.7 Å². The van der Waals surface area contributed by atoms with Gasteiger partial charge in [-0.3, -0.25) is 9.59 Å². The summed E-state index contributed by atoms with van der Waals surface area (Å²) >= 11 is 0. The number of rotatable bonds is 0. The average Bonchev–Trinajstić information content (AvgIpc) is 2.93. The first-order chi connectivity index (χ1) is 8.25. The molecule has 0 saturated carbocycles. The van der Waals surface area contributed by atoms with Crippen molar-refractivity contribution >= 4 is 11.8 Å². The van der Waals surface area contributed by atoms with E-state index in [1.165, 1.54) is 0 Å². The van der Waals surface area contributed by atoms with Crippen LogP contribution in [0.3, 0.4) is 0 Å². The quantitative estimate of drug-likeness (QED) is 0.540. The van der Waals surface area contributed by atoms with E-state index in [1.807, 2.05) is 0 Å². The van der Waals surface area contributed by atoms with Gasteiger partial charge in [-0.2, -0.15) is 0 Å². The minimum atomic E-state index is -0.449. The summed E-state index contributed by atoms with van der Waals surface area (Å²) in [5.74, 6) is 0.122. The summed E-state index contributed by atoms with van der Waals surface area (Å²) in [6.45, 7) is 1.52. The first-order valence-corrected chi connectivity index (χ1v) is 6.14. The molecular formula is C11H14N2O4. The molecule has 0 aromatic carbocycles. The lowest BCUT2D eigenvalue weighted by atomic mass is 10.0. The molecule has 4 saturated heterocycles. The number of carbonyl (C=O) groups excluding carboxylic acids is 2. The zero-order valence-corrected chi connectivity index (χ0v) is 9.37. The Morgan fingerprint density at radius 2 is 2.06 bits per heavy atom. The van der Waals surface area contributed by atoms with Gasteiger partial charge in [0.2, 0.25) is 11.8 Å². The van der Waals surface area contributed by atoms with E-state index in [1.54, 1.807) is 9.80 Å². The molecule has 0 spiro atoms. The van der Waals surface area contributed by atoms with Gasteiger partial charge in [0.15, 0.2) is 6.29 Å². The first-order valence-electron chi connectivity index (χ1n) is 6.14. The van der Waals surface area contributed by atoms with Crippen LogP contribution in [0, 0.1) is 0 Å². The van der Waals surface area contributed by atoms with E-state index in [-0.39, 0.29) is 30.3 Å². The van der Waals surface area contributed by atoms with Gasteiger partial charge in [-0.1, -0.05) is 0 Å². The van der Waals surface area contributed by atoms with E-state index in [0.29, 0.717) is 19.7 Å². The van der Waals surface area contributed by atoms with Crippen LogP contribution >= 0.6 is 0 Å². The first kappa shape index (κ1) is 9.85. The van der Waals surface area contributed by atoms with Crippen LogP contribution in [0.1, 0.15) is 12.8 Å². The van der Waals surface area contributed by atoms with Crippen LogP contribution in [0.15, 0.2) is 0 Å². The fourth-order valence-corrected chi connectivity index (χ4v) is 3.38. The molecule has 2 bridgehead atoms. The van der Waals surface area contributed by atoms with Crippen LogP contribution < -0.4 is 0 Å². The van der Waals surface area contributed by atoms with Crippen LogP contribution in [-0.4, -0.2) is 65.8 Å². The molecule has 4 rings (SSSR count). The number of fused-ring (bicyclic) bond motifs is 5. The van der Waals surface area contributed by atoms with E-state index < -0.39 is 6.04 Å². The lowest BCUT2D eigenvalue weighted by molar-refractivity contribution is -0.183. The van der Waals surface area contributed by atoms with Crippen molar-refractivity contribution in [1.29, 1.82) is 0 Å². The molecule has 4 heterocycles. The van der Waals surface area contributed by atoms with E-state index >= 15 is 0 Å². The van der Waals surface area contributed by atoms with E-state index in [4.69, 9.17) is 9.47 Å². The normalized spacial score (nSPS) is 44.0. The van der Waals surface area contributed by atoms with Gasteiger partial charge in [-0.05, 0) is 12.8 Å². The molecule has 2 amide bonds. The Hall–Kier alpha value is -1.14. The molecule has 4 fully saturated rings. The van der Waals surface area contributed by atoms with Gasteiger partial charge in [0.05, 0.1) is 13.2 Å². The predicted molar refractivity (Wildman–Crippen MR) is 54.8 cm³/mol. The van der Waals surface area contributed by atoms with Crippen molar-refractivity contribution in [1.82, 2.24) is 9.80 Å². The Morgan fingerprint density at radius 3 is 2.94 bits per heavy atom. The second kappa shape index (κ2) is 3.20. The van der Waals surface area contributed by atoms with Crippen LogP contribution in [0.5, 0.6) is 0 Å². The van der Waals surface area contributed by atoms with Gasteiger partial charge in [-0.25, -0.2) is 0 Å². The second-order valence-electron chi connectivity index (χ2n) is 5.06. The summed E-state index contributed by atoms with van der Waals surface area (Å²) in [5.41, 5.74) is 0. The predicted octanol–water partition coefficient (Wildman–Crippen LogP) is -1.06. The molecule has 0 aromatic rings. The van der Waals surface area contributed by atoms with Crippen molar-refractivity contribution in [2.24, 2.45) is 0 Å². The SMILES string of the molecule is O=C1[C@@H]2[C@@H]3CO[C@H](CN2C(=O)C2CCCN12)O3. The summed E-state index contributed by atoms with van der Waals surface area (Å²) in [4.78, 5) is 28.1. The Bertz CT molecular complexity index is 399. The molecule has 0 aliphatic carbocycles. The number of ether oxygens (including phenoxy) is 2. The van der Waals surface area contributed by atoms with Crippen molar-refractivity contribution in [3.05, 3.63) is 0 Å². The zero-order valence-electron chi connectivity index (χ0n) is 9.37. The summed E-state index contributed by atoms with van der Waals surface area (Å²) in [7, 11) is 0. The monoisotopic (exact) mass is 238 g/mol. The smallest absolute Gasteiger partial charge is 0.248 e. The van der Waals surface area contributed by atoms with Gasteiger partial charge >= 0.3 is 0 Å². The molecule has 17 heavy (non-hydrogen) atoms. The van der Waals surface area contributed by atoms with Crippen molar-refractivity contribution in [2.45, 2.75) is 37.3 Å². The number of amides is 2. The Morgan fingerprint density at radius 1 is 1.18 bits per heavy atom. The minimum absolute atomic E-state index is 0.0426. The van der Waals surface area contributed by atoms with Gasteiger partial charge in [-0.15, -0.1) is 0 Å². The highest BCUT2D eigenvalue weighted by Crippen LogP contribution is 2.34. The highest BCUT2D eigenvalue weighted by Gasteiger charge is 2.55. The van der Waals surface area contributed by atoms with Gasteiger partial charge in [0.25, 0.3) is 0 Å². The third-order valence-corrected chi connectivity index (χ3v) is 4.16. The molecule has 0 N–H and O–H groups in total. The number of hydrogen-bond acceptors (Lipinski definition) is 4. The third kappa shape index (κ3) is 1.17. The minimum Gasteiger partial charge on any atom is -0.348 e. The lowest BCUT2D eigenvalue weighted by Gasteiger charge is -2.46. The van der Waals surface area contributed by atoms with Crippen LogP contribution in [0.4, 0.5) is 0 Å². The number of hydrogen-bond donors (Lipinski definition) is 0. The summed E-state index contributed by atoms with van der Waals surface area (Å²) in [6, 6.07) is -0.674. The Labute approximate surface area is 98.4 Å². The van der Waals surface area contributed by atoms with Crippen LogP contribution in [0.2, 0.25) is 0 Å². The van der Waals surface area contributed by atoms with Crippen molar-refractivity contribution in [3.8, 4) is 0 Å². The maximum atomic E-state index is 12.4. The summed E-state index contributed by atoms with van der Waals surface area (Å²) < 4.78 is 11.0. The molecule has 1 unspecified atom stereocenters. The number of piperazine rings is 1. The average molecular weight is 238 g/mol. The number of carbonyl (C=O) groups is 2. The fraction of sp³-hybridized carbons (Fsp3) is 0.818. The summed E-state index contributed by atoms with van der Waals surface area (Å²) in [5, 5.41) is 0. The number of morpholine rings is 1. The molecule has 4 aliphatic rings. The largest absolute Gasteiger partial charge is 0.348 e. The van der Waals surface area contributed by atoms with Gasteiger partial charge in [0, 0.05) is 6.54 Å². The zero-order chi connectivity index (χ0) is 11.6. The van der Waals surface area contributed by atoms with E-state index in [2.05, 4.69) is 0 Å². The highest BCUT2D eigenvalue weighted by molar-refractivity contribution is 5.98. The second-order valence-corrected chi connectivity index (χ2v) is 5.06. The van der Waals surface area contributed by atoms with E-state index in [0.717, 1.165) is 12.8 Å².